The van der Waals surface area contributed by atoms with Crippen LogP contribution >= 0.6 is 11.8 Å². The summed E-state index contributed by atoms with van der Waals surface area (Å²) in [7, 11) is -3.77. The quantitative estimate of drug-likeness (QED) is 0.714. The zero-order chi connectivity index (χ0) is 19.5. The number of sulfonamides is 1. The molecule has 0 saturated heterocycles. The van der Waals surface area contributed by atoms with E-state index in [-0.39, 0.29) is 16.7 Å². The Bertz CT molecular complexity index is 902. The lowest BCUT2D eigenvalue weighted by molar-refractivity contribution is -0.118. The molecule has 2 aromatic rings. The Morgan fingerprint density at radius 3 is 2.23 bits per heavy atom. The largest absolute Gasteiger partial charge is 0.325 e. The minimum atomic E-state index is -3.77. The van der Waals surface area contributed by atoms with Gasteiger partial charge < -0.3 is 5.32 Å². The highest BCUT2D eigenvalue weighted by molar-refractivity contribution is 7.98. The van der Waals surface area contributed by atoms with E-state index in [0.717, 1.165) is 16.0 Å². The van der Waals surface area contributed by atoms with E-state index in [1.165, 1.54) is 17.8 Å². The van der Waals surface area contributed by atoms with Gasteiger partial charge in [0.2, 0.25) is 5.91 Å². The van der Waals surface area contributed by atoms with Gasteiger partial charge in [-0.05, 0) is 49.4 Å². The van der Waals surface area contributed by atoms with E-state index in [1.807, 2.05) is 38.3 Å². The average Bonchev–Trinajstić information content (AvgIpc) is 2.58. The van der Waals surface area contributed by atoms with Crippen molar-refractivity contribution in [3.8, 4) is 0 Å². The molecule has 0 aliphatic heterocycles. The molecule has 1 amide bonds. The normalized spacial score (nSPS) is 11.5. The van der Waals surface area contributed by atoms with Crippen LogP contribution in [0.3, 0.4) is 0 Å². The molecule has 0 spiro atoms. The summed E-state index contributed by atoms with van der Waals surface area (Å²) in [5.41, 5.74) is 2.78. The standard InChI is InChI=1S/C19H24N2O3S2/c1-12(2)19(22)20-16-11-15(9-10-17(16)25-5)26(23,24)21-18-13(3)7-6-8-14(18)4/h6-12,21H,1-5H3,(H,20,22). The van der Waals surface area contributed by atoms with Crippen LogP contribution in [0.4, 0.5) is 11.4 Å². The molecule has 0 bridgehead atoms. The monoisotopic (exact) mass is 392 g/mol. The Morgan fingerprint density at radius 2 is 1.69 bits per heavy atom. The molecule has 0 fully saturated rings. The minimum absolute atomic E-state index is 0.108. The summed E-state index contributed by atoms with van der Waals surface area (Å²) < 4.78 is 28.4. The van der Waals surface area contributed by atoms with Crippen molar-refractivity contribution in [2.24, 2.45) is 5.92 Å². The Balaban J connectivity index is 2.42. The maximum atomic E-state index is 12.8. The number of rotatable bonds is 6. The van der Waals surface area contributed by atoms with Crippen molar-refractivity contribution in [1.29, 1.82) is 0 Å². The average molecular weight is 393 g/mol. The van der Waals surface area contributed by atoms with Crippen LogP contribution in [-0.2, 0) is 14.8 Å². The lowest BCUT2D eigenvalue weighted by Crippen LogP contribution is -2.19. The summed E-state index contributed by atoms with van der Waals surface area (Å²) in [4.78, 5) is 13.0. The van der Waals surface area contributed by atoms with Crippen LogP contribution < -0.4 is 10.0 Å². The van der Waals surface area contributed by atoms with E-state index in [9.17, 15) is 13.2 Å². The highest BCUT2D eigenvalue weighted by atomic mass is 32.2. The molecule has 0 radical (unpaired) electrons. The number of carbonyl (C=O) groups is 1. The van der Waals surface area contributed by atoms with Gasteiger partial charge >= 0.3 is 0 Å². The lowest BCUT2D eigenvalue weighted by atomic mass is 10.1. The van der Waals surface area contributed by atoms with Crippen molar-refractivity contribution in [3.63, 3.8) is 0 Å². The van der Waals surface area contributed by atoms with Crippen molar-refractivity contribution in [2.75, 3.05) is 16.3 Å². The number of benzene rings is 2. The zero-order valence-corrected chi connectivity index (χ0v) is 17.2. The van der Waals surface area contributed by atoms with Gasteiger partial charge in [-0.25, -0.2) is 8.42 Å². The summed E-state index contributed by atoms with van der Waals surface area (Å²) in [5, 5.41) is 2.81. The number of hydrogen-bond donors (Lipinski definition) is 2. The van der Waals surface area contributed by atoms with Gasteiger partial charge in [-0.3, -0.25) is 9.52 Å². The number of aryl methyl sites for hydroxylation is 2. The summed E-state index contributed by atoms with van der Waals surface area (Å²) in [6.07, 6.45) is 1.88. The van der Waals surface area contributed by atoms with Gasteiger partial charge in [0.25, 0.3) is 10.0 Å². The highest BCUT2D eigenvalue weighted by Gasteiger charge is 2.19. The Kier molecular flexibility index (Phi) is 6.36. The Labute approximate surface area is 159 Å². The topological polar surface area (TPSA) is 75.3 Å². The number of amides is 1. The van der Waals surface area contributed by atoms with Crippen LogP contribution in [0.15, 0.2) is 46.2 Å². The molecule has 0 saturated carbocycles. The predicted octanol–water partition coefficient (Wildman–Crippen LogP) is 4.42. The molecule has 0 unspecified atom stereocenters. The van der Waals surface area contributed by atoms with Crippen molar-refractivity contribution < 1.29 is 13.2 Å². The molecule has 0 aliphatic rings. The Hall–Kier alpha value is -1.99. The maximum absolute atomic E-state index is 12.8. The van der Waals surface area contributed by atoms with E-state index >= 15 is 0 Å². The molecule has 0 heterocycles. The first-order valence-corrected chi connectivity index (χ1v) is 10.9. The number of anilines is 2. The second kappa shape index (κ2) is 8.14. The lowest BCUT2D eigenvalue weighted by Gasteiger charge is -2.16. The zero-order valence-electron chi connectivity index (χ0n) is 15.6. The van der Waals surface area contributed by atoms with Crippen LogP contribution in [0, 0.1) is 19.8 Å². The predicted molar refractivity (Wildman–Crippen MR) is 108 cm³/mol. The number of nitrogens with one attached hydrogen (secondary N) is 2. The van der Waals surface area contributed by atoms with Crippen LogP contribution in [0.5, 0.6) is 0 Å². The molecule has 0 aromatic heterocycles. The third kappa shape index (κ3) is 4.59. The van der Waals surface area contributed by atoms with Crippen molar-refractivity contribution in [1.82, 2.24) is 0 Å². The summed E-state index contributed by atoms with van der Waals surface area (Å²) in [6, 6.07) is 10.4. The first kappa shape index (κ1) is 20.3. The molecule has 2 aromatic carbocycles. The van der Waals surface area contributed by atoms with Gasteiger partial charge in [-0.1, -0.05) is 32.0 Å². The molecule has 0 aliphatic carbocycles. The smallest absolute Gasteiger partial charge is 0.261 e. The number of hydrogen-bond acceptors (Lipinski definition) is 4. The fraction of sp³-hybridized carbons (Fsp3) is 0.316. The molecule has 5 nitrogen and oxygen atoms in total. The van der Waals surface area contributed by atoms with E-state index in [1.54, 1.807) is 26.0 Å². The molecule has 140 valence electrons. The van der Waals surface area contributed by atoms with Gasteiger partial charge in [-0.2, -0.15) is 0 Å². The second-order valence-electron chi connectivity index (χ2n) is 6.38. The third-order valence-corrected chi connectivity index (χ3v) is 6.12. The van der Waals surface area contributed by atoms with Crippen molar-refractivity contribution in [3.05, 3.63) is 47.5 Å². The first-order chi connectivity index (χ1) is 12.2. The fourth-order valence-electron chi connectivity index (χ4n) is 2.40. The van der Waals surface area contributed by atoms with Crippen molar-refractivity contribution in [2.45, 2.75) is 37.5 Å². The third-order valence-electron chi connectivity index (χ3n) is 3.98. The molecule has 2 N–H and O–H groups in total. The van der Waals surface area contributed by atoms with E-state index in [4.69, 9.17) is 0 Å². The van der Waals surface area contributed by atoms with Gasteiger partial charge in [0.15, 0.2) is 0 Å². The van der Waals surface area contributed by atoms with E-state index in [2.05, 4.69) is 10.0 Å². The van der Waals surface area contributed by atoms with Crippen molar-refractivity contribution >= 4 is 39.1 Å². The minimum Gasteiger partial charge on any atom is -0.325 e. The molecule has 2 rings (SSSR count). The van der Waals surface area contributed by atoms with Crippen LogP contribution in [-0.4, -0.2) is 20.6 Å². The molecule has 0 atom stereocenters. The van der Waals surface area contributed by atoms with Gasteiger partial charge in [0, 0.05) is 10.8 Å². The molecular formula is C19H24N2O3S2. The highest BCUT2D eigenvalue weighted by Crippen LogP contribution is 2.30. The van der Waals surface area contributed by atoms with Gasteiger partial charge in [-0.15, -0.1) is 11.8 Å². The summed E-state index contributed by atoms with van der Waals surface area (Å²) in [5.74, 6) is -0.352. The van der Waals surface area contributed by atoms with Gasteiger partial charge in [0.1, 0.15) is 0 Å². The van der Waals surface area contributed by atoms with Crippen LogP contribution in [0.25, 0.3) is 0 Å². The first-order valence-electron chi connectivity index (χ1n) is 8.23. The summed E-state index contributed by atoms with van der Waals surface area (Å²) in [6.45, 7) is 7.29. The van der Waals surface area contributed by atoms with E-state index < -0.39 is 10.0 Å². The SMILES string of the molecule is CSc1ccc(S(=O)(=O)Nc2c(C)cccc2C)cc1NC(=O)C(C)C. The summed E-state index contributed by atoms with van der Waals surface area (Å²) >= 11 is 1.45. The molecule has 7 heteroatoms. The molecular weight excluding hydrogens is 368 g/mol. The second-order valence-corrected chi connectivity index (χ2v) is 8.91. The van der Waals surface area contributed by atoms with Crippen LogP contribution in [0.2, 0.25) is 0 Å². The Morgan fingerprint density at radius 1 is 1.08 bits per heavy atom. The maximum Gasteiger partial charge on any atom is 0.261 e. The fourth-order valence-corrected chi connectivity index (χ4v) is 4.16. The van der Waals surface area contributed by atoms with E-state index in [0.29, 0.717) is 11.4 Å². The van der Waals surface area contributed by atoms with Crippen LogP contribution in [0.1, 0.15) is 25.0 Å². The van der Waals surface area contributed by atoms with Gasteiger partial charge in [0.05, 0.1) is 16.3 Å². The molecule has 26 heavy (non-hydrogen) atoms. The number of para-hydroxylation sites is 1. The number of carbonyl (C=O) groups excluding carboxylic acids is 1. The number of thioether (sulfide) groups is 1.